The lowest BCUT2D eigenvalue weighted by Gasteiger charge is -2.18. The lowest BCUT2D eigenvalue weighted by Crippen LogP contribution is -2.30. The van der Waals surface area contributed by atoms with Gasteiger partial charge in [-0.05, 0) is 24.3 Å². The second kappa shape index (κ2) is 9.55. The van der Waals surface area contributed by atoms with Gasteiger partial charge in [0.25, 0.3) is 11.6 Å². The third kappa shape index (κ3) is 4.69. The van der Waals surface area contributed by atoms with Crippen molar-refractivity contribution in [2.75, 3.05) is 32.6 Å². The maximum absolute atomic E-state index is 12.7. The van der Waals surface area contributed by atoms with Crippen molar-refractivity contribution in [3.63, 3.8) is 0 Å². The molecular formula is C19H23N3O7S. The van der Waals surface area contributed by atoms with Gasteiger partial charge in [0.05, 0.1) is 30.1 Å². The first-order valence-corrected chi connectivity index (χ1v) is 10.5. The summed E-state index contributed by atoms with van der Waals surface area (Å²) in [6.07, 6.45) is 0. The molecule has 0 heterocycles. The Bertz CT molecular complexity index is 1030. The van der Waals surface area contributed by atoms with Crippen molar-refractivity contribution >= 4 is 27.3 Å². The summed E-state index contributed by atoms with van der Waals surface area (Å²) >= 11 is 0. The highest BCUT2D eigenvalue weighted by molar-refractivity contribution is 7.89. The second-order valence-corrected chi connectivity index (χ2v) is 7.99. The van der Waals surface area contributed by atoms with Crippen LogP contribution in [0.5, 0.6) is 11.5 Å². The van der Waals surface area contributed by atoms with Gasteiger partial charge in [-0.2, -0.15) is 4.31 Å². The summed E-state index contributed by atoms with van der Waals surface area (Å²) in [6.45, 7) is 4.15. The SMILES string of the molecule is CCN(CC)S(=O)(=O)c1ccc(NC(=O)c2cc(OC)c(OC)cc2[N+](=O)[O-])cc1. The molecule has 1 amide bonds. The zero-order valence-electron chi connectivity index (χ0n) is 17.0. The number of nitro benzene ring substituents is 1. The normalized spacial score (nSPS) is 11.2. The van der Waals surface area contributed by atoms with E-state index in [1.54, 1.807) is 13.8 Å². The topological polar surface area (TPSA) is 128 Å². The van der Waals surface area contributed by atoms with Crippen molar-refractivity contribution in [3.8, 4) is 11.5 Å². The molecular weight excluding hydrogens is 414 g/mol. The molecule has 0 radical (unpaired) electrons. The molecule has 0 fully saturated rings. The number of nitro groups is 1. The van der Waals surface area contributed by atoms with E-state index >= 15 is 0 Å². The van der Waals surface area contributed by atoms with Crippen LogP contribution in [0.2, 0.25) is 0 Å². The number of nitrogens with zero attached hydrogens (tertiary/aromatic N) is 2. The summed E-state index contributed by atoms with van der Waals surface area (Å²) in [5.74, 6) is -0.470. The van der Waals surface area contributed by atoms with Crippen LogP contribution in [0, 0.1) is 10.1 Å². The van der Waals surface area contributed by atoms with Crippen molar-refractivity contribution in [1.29, 1.82) is 0 Å². The highest BCUT2D eigenvalue weighted by Crippen LogP contribution is 2.34. The van der Waals surface area contributed by atoms with Crippen molar-refractivity contribution in [1.82, 2.24) is 4.31 Å². The molecule has 0 aromatic heterocycles. The highest BCUT2D eigenvalue weighted by Gasteiger charge is 2.25. The van der Waals surface area contributed by atoms with Gasteiger partial charge >= 0.3 is 0 Å². The van der Waals surface area contributed by atoms with Gasteiger partial charge in [-0.1, -0.05) is 13.8 Å². The average Bonchev–Trinajstić information content (AvgIpc) is 2.73. The number of benzene rings is 2. The van der Waals surface area contributed by atoms with E-state index in [1.807, 2.05) is 0 Å². The quantitative estimate of drug-likeness (QED) is 0.472. The maximum Gasteiger partial charge on any atom is 0.286 e. The fraction of sp³-hybridized carbons (Fsp3) is 0.316. The van der Waals surface area contributed by atoms with E-state index in [0.29, 0.717) is 13.1 Å². The van der Waals surface area contributed by atoms with Crippen LogP contribution in [-0.2, 0) is 10.0 Å². The standard InChI is InChI=1S/C19H23N3O7S/c1-5-21(6-2)30(26,27)14-9-7-13(8-10-14)20-19(23)15-11-17(28-3)18(29-4)12-16(15)22(24)25/h7-12H,5-6H2,1-4H3,(H,20,23). The zero-order valence-corrected chi connectivity index (χ0v) is 17.9. The van der Waals surface area contributed by atoms with Crippen LogP contribution in [-0.4, -0.2) is 50.9 Å². The van der Waals surface area contributed by atoms with Gasteiger partial charge in [-0.25, -0.2) is 8.42 Å². The fourth-order valence-electron chi connectivity index (χ4n) is 2.82. The van der Waals surface area contributed by atoms with Crippen LogP contribution in [0.15, 0.2) is 41.3 Å². The van der Waals surface area contributed by atoms with Crippen molar-refractivity contribution in [2.24, 2.45) is 0 Å². The van der Waals surface area contributed by atoms with Crippen LogP contribution in [0.25, 0.3) is 0 Å². The molecule has 30 heavy (non-hydrogen) atoms. The molecule has 0 saturated heterocycles. The summed E-state index contributed by atoms with van der Waals surface area (Å²) in [5.41, 5.74) is -0.397. The Morgan fingerprint density at radius 2 is 1.60 bits per heavy atom. The number of rotatable bonds is 9. The Morgan fingerprint density at radius 1 is 1.07 bits per heavy atom. The van der Waals surface area contributed by atoms with Crippen molar-refractivity contribution in [3.05, 3.63) is 52.1 Å². The van der Waals surface area contributed by atoms with Crippen LogP contribution >= 0.6 is 0 Å². The smallest absolute Gasteiger partial charge is 0.286 e. The minimum atomic E-state index is -3.63. The number of amides is 1. The Balaban J connectivity index is 2.34. The average molecular weight is 437 g/mol. The maximum atomic E-state index is 12.7. The molecule has 11 heteroatoms. The molecule has 2 aromatic rings. The first-order valence-electron chi connectivity index (χ1n) is 9.01. The van der Waals surface area contributed by atoms with E-state index < -0.39 is 26.5 Å². The highest BCUT2D eigenvalue weighted by atomic mass is 32.2. The molecule has 0 spiro atoms. The largest absolute Gasteiger partial charge is 0.493 e. The van der Waals surface area contributed by atoms with Gasteiger partial charge in [-0.3, -0.25) is 14.9 Å². The van der Waals surface area contributed by atoms with E-state index in [-0.39, 0.29) is 27.6 Å². The van der Waals surface area contributed by atoms with Crippen LogP contribution < -0.4 is 14.8 Å². The second-order valence-electron chi connectivity index (χ2n) is 6.05. The number of carbonyl (C=O) groups is 1. The monoisotopic (exact) mass is 437 g/mol. The molecule has 0 aliphatic heterocycles. The Kier molecular flexibility index (Phi) is 7.35. The summed E-state index contributed by atoms with van der Waals surface area (Å²) < 4.78 is 36.5. The molecule has 0 bridgehead atoms. The molecule has 10 nitrogen and oxygen atoms in total. The van der Waals surface area contributed by atoms with E-state index in [0.717, 1.165) is 6.07 Å². The lowest BCUT2D eigenvalue weighted by atomic mass is 10.1. The number of sulfonamides is 1. The van der Waals surface area contributed by atoms with Gasteiger partial charge < -0.3 is 14.8 Å². The van der Waals surface area contributed by atoms with Crippen molar-refractivity contribution < 1.29 is 27.6 Å². The van der Waals surface area contributed by atoms with E-state index in [9.17, 15) is 23.3 Å². The summed E-state index contributed by atoms with van der Waals surface area (Å²) in [7, 11) is -0.956. The minimum absolute atomic E-state index is 0.0845. The molecule has 2 rings (SSSR count). The predicted octanol–water partition coefficient (Wildman–Crippen LogP) is 2.89. The number of anilines is 1. The molecule has 0 atom stereocenters. The number of nitrogens with one attached hydrogen (secondary N) is 1. The third-order valence-electron chi connectivity index (χ3n) is 4.40. The van der Waals surface area contributed by atoms with Gasteiger partial charge in [-0.15, -0.1) is 0 Å². The van der Waals surface area contributed by atoms with Gasteiger partial charge in [0, 0.05) is 24.8 Å². The minimum Gasteiger partial charge on any atom is -0.493 e. The zero-order chi connectivity index (χ0) is 22.5. The third-order valence-corrected chi connectivity index (χ3v) is 6.46. The molecule has 2 aromatic carbocycles. The van der Waals surface area contributed by atoms with Crippen molar-refractivity contribution in [2.45, 2.75) is 18.7 Å². The number of hydrogen-bond donors (Lipinski definition) is 1. The van der Waals surface area contributed by atoms with Crippen LogP contribution in [0.1, 0.15) is 24.2 Å². The predicted molar refractivity (Wildman–Crippen MR) is 111 cm³/mol. The Morgan fingerprint density at radius 3 is 2.07 bits per heavy atom. The first kappa shape index (κ1) is 23.1. The van der Waals surface area contributed by atoms with E-state index in [2.05, 4.69) is 5.32 Å². The Hall–Kier alpha value is -3.18. The Labute approximate surface area is 174 Å². The van der Waals surface area contributed by atoms with Gasteiger partial charge in [0.1, 0.15) is 5.56 Å². The number of carbonyl (C=O) groups excluding carboxylic acids is 1. The molecule has 162 valence electrons. The van der Waals surface area contributed by atoms with E-state index in [1.165, 1.54) is 48.9 Å². The fourth-order valence-corrected chi connectivity index (χ4v) is 4.28. The summed E-state index contributed by atoms with van der Waals surface area (Å²) in [4.78, 5) is 23.4. The van der Waals surface area contributed by atoms with E-state index in [4.69, 9.17) is 9.47 Å². The van der Waals surface area contributed by atoms with Crippen LogP contribution in [0.4, 0.5) is 11.4 Å². The van der Waals surface area contributed by atoms with Crippen LogP contribution in [0.3, 0.4) is 0 Å². The molecule has 1 N–H and O–H groups in total. The molecule has 0 unspecified atom stereocenters. The number of methoxy groups -OCH3 is 2. The lowest BCUT2D eigenvalue weighted by molar-refractivity contribution is -0.385. The van der Waals surface area contributed by atoms with Gasteiger partial charge in [0.2, 0.25) is 10.0 Å². The number of hydrogen-bond acceptors (Lipinski definition) is 7. The number of ether oxygens (including phenoxy) is 2. The van der Waals surface area contributed by atoms with Gasteiger partial charge in [0.15, 0.2) is 11.5 Å². The molecule has 0 aliphatic carbocycles. The summed E-state index contributed by atoms with van der Waals surface area (Å²) in [6, 6.07) is 7.89. The molecule has 0 saturated carbocycles. The molecule has 0 aliphatic rings. The summed E-state index contributed by atoms with van der Waals surface area (Å²) in [5, 5.41) is 13.9. The first-order chi connectivity index (χ1) is 14.2.